The van der Waals surface area contributed by atoms with E-state index < -0.39 is 5.79 Å². The largest absolute Gasteiger partial charge is 0.444 e. The molecule has 6 rings (SSSR count). The molecule has 0 N–H and O–H groups in total. The lowest BCUT2D eigenvalue weighted by molar-refractivity contribution is -0.140. The van der Waals surface area contributed by atoms with E-state index in [0.29, 0.717) is 39.3 Å². The van der Waals surface area contributed by atoms with Crippen molar-refractivity contribution < 1.29 is 23.4 Å². The number of halogens is 1. The van der Waals surface area contributed by atoms with Crippen LogP contribution < -0.4 is 0 Å². The van der Waals surface area contributed by atoms with Gasteiger partial charge in [0.05, 0.1) is 19.3 Å². The van der Waals surface area contributed by atoms with Crippen molar-refractivity contribution >= 4 is 6.09 Å². The Hall–Kier alpha value is -3.52. The summed E-state index contributed by atoms with van der Waals surface area (Å²) in [6.45, 7) is 4.84. The predicted molar refractivity (Wildman–Crippen MR) is 141 cm³/mol. The quantitative estimate of drug-likeness (QED) is 0.445. The first-order chi connectivity index (χ1) is 18.5. The van der Waals surface area contributed by atoms with Crippen LogP contribution >= 0.6 is 0 Å². The van der Waals surface area contributed by atoms with E-state index in [1.165, 1.54) is 17.7 Å². The van der Waals surface area contributed by atoms with E-state index in [-0.39, 0.29) is 24.6 Å². The van der Waals surface area contributed by atoms with E-state index >= 15 is 0 Å². The van der Waals surface area contributed by atoms with Crippen molar-refractivity contribution in [3.8, 4) is 0 Å². The number of fused-ring (bicyclic) bond motifs is 1. The summed E-state index contributed by atoms with van der Waals surface area (Å²) in [4.78, 5) is 17.4. The van der Waals surface area contributed by atoms with Gasteiger partial charge in [0.1, 0.15) is 12.4 Å². The second-order valence-corrected chi connectivity index (χ2v) is 10.1. The number of amides is 1. The minimum atomic E-state index is -0.819. The molecule has 3 aliphatic heterocycles. The van der Waals surface area contributed by atoms with Crippen LogP contribution in [0.1, 0.15) is 34.7 Å². The molecular formula is C31H31FN2O4. The van der Waals surface area contributed by atoms with Crippen LogP contribution in [0.4, 0.5) is 9.18 Å². The lowest BCUT2D eigenvalue weighted by Gasteiger charge is -2.38. The van der Waals surface area contributed by atoms with Gasteiger partial charge in [0.15, 0.2) is 5.79 Å². The molecule has 0 bridgehead atoms. The topological polar surface area (TPSA) is 51.2 Å². The molecule has 1 unspecified atom stereocenters. The number of ether oxygens (including phenoxy) is 3. The molecule has 6 nitrogen and oxygen atoms in total. The smallest absolute Gasteiger partial charge is 0.414 e. The van der Waals surface area contributed by atoms with E-state index in [1.54, 1.807) is 4.90 Å². The summed E-state index contributed by atoms with van der Waals surface area (Å²) < 4.78 is 32.0. The first kappa shape index (κ1) is 24.8. The molecule has 196 valence electrons. The molecule has 1 spiro atoms. The van der Waals surface area contributed by atoms with Crippen LogP contribution in [-0.4, -0.2) is 54.5 Å². The minimum Gasteiger partial charge on any atom is -0.444 e. The van der Waals surface area contributed by atoms with Crippen LogP contribution in [0.3, 0.4) is 0 Å². The molecule has 1 fully saturated rings. The highest BCUT2D eigenvalue weighted by atomic mass is 19.1. The summed E-state index contributed by atoms with van der Waals surface area (Å²) in [7, 11) is 0. The lowest BCUT2D eigenvalue weighted by atomic mass is 9.95. The maximum absolute atomic E-state index is 13.8. The van der Waals surface area contributed by atoms with Gasteiger partial charge < -0.3 is 14.2 Å². The van der Waals surface area contributed by atoms with E-state index in [4.69, 9.17) is 14.2 Å². The first-order valence-corrected chi connectivity index (χ1v) is 13.1. The van der Waals surface area contributed by atoms with Crippen LogP contribution in [0.5, 0.6) is 0 Å². The Labute approximate surface area is 222 Å². The maximum Gasteiger partial charge on any atom is 0.414 e. The van der Waals surface area contributed by atoms with Gasteiger partial charge in [-0.2, -0.15) is 0 Å². The zero-order valence-corrected chi connectivity index (χ0v) is 21.4. The molecule has 3 aromatic rings. The predicted octanol–water partition coefficient (Wildman–Crippen LogP) is 5.58. The van der Waals surface area contributed by atoms with E-state index in [2.05, 4.69) is 36.1 Å². The average Bonchev–Trinajstić information content (AvgIpc) is 3.59. The van der Waals surface area contributed by atoms with Gasteiger partial charge >= 0.3 is 6.09 Å². The SMILES string of the molecule is Cc1ccc(C(c2ccc(F)cc2)N2CC3=C(C2)C2(CCN3C(=O)OCc3ccccc3)OCCO2)cc1. The van der Waals surface area contributed by atoms with Crippen LogP contribution in [0, 0.1) is 12.7 Å². The van der Waals surface area contributed by atoms with Gasteiger partial charge in [0, 0.05) is 37.3 Å². The number of hydrogen-bond donors (Lipinski definition) is 0. The Morgan fingerprint density at radius 1 is 0.947 bits per heavy atom. The highest BCUT2D eigenvalue weighted by molar-refractivity contribution is 5.71. The first-order valence-electron chi connectivity index (χ1n) is 13.1. The molecule has 1 saturated heterocycles. The van der Waals surface area contributed by atoms with Gasteiger partial charge in [-0.1, -0.05) is 72.3 Å². The number of rotatable bonds is 5. The van der Waals surface area contributed by atoms with Gasteiger partial charge in [-0.15, -0.1) is 0 Å². The summed E-state index contributed by atoms with van der Waals surface area (Å²) in [6, 6.07) is 24.6. The molecule has 7 heteroatoms. The fourth-order valence-electron chi connectivity index (χ4n) is 5.73. The summed E-state index contributed by atoms with van der Waals surface area (Å²) >= 11 is 0. The monoisotopic (exact) mass is 514 g/mol. The average molecular weight is 515 g/mol. The Bertz CT molecular complexity index is 1270. The standard InChI is InChI=1S/C31H31FN2O4/c1-22-7-9-24(10-8-22)29(25-11-13-26(32)14-12-25)33-19-27-28(20-33)34(16-15-31(27)37-17-18-38-31)30(35)36-21-23-5-3-2-4-6-23/h2-14,29H,15-21H2,1H3. The number of nitrogens with zero attached hydrogens (tertiary/aromatic N) is 2. The fourth-order valence-corrected chi connectivity index (χ4v) is 5.73. The summed E-state index contributed by atoms with van der Waals surface area (Å²) in [5.74, 6) is -1.09. The molecule has 3 aliphatic rings. The number of carbonyl (C=O) groups excluding carboxylic acids is 1. The van der Waals surface area contributed by atoms with Crippen molar-refractivity contribution in [2.24, 2.45) is 0 Å². The Balaban J connectivity index is 1.32. The van der Waals surface area contributed by atoms with E-state index in [1.807, 2.05) is 42.5 Å². The number of aryl methyl sites for hydroxylation is 1. The number of benzene rings is 3. The van der Waals surface area contributed by atoms with E-state index in [9.17, 15) is 9.18 Å². The third-order valence-electron chi connectivity index (χ3n) is 7.64. The molecule has 0 aliphatic carbocycles. The fraction of sp³-hybridized carbons (Fsp3) is 0.323. The van der Waals surface area contributed by atoms with Gasteiger partial charge in [-0.3, -0.25) is 9.80 Å². The van der Waals surface area contributed by atoms with Crippen molar-refractivity contribution in [2.75, 3.05) is 32.8 Å². The summed E-state index contributed by atoms with van der Waals surface area (Å²) in [5, 5.41) is 0. The van der Waals surface area contributed by atoms with Crippen molar-refractivity contribution in [1.82, 2.24) is 9.80 Å². The third-order valence-corrected chi connectivity index (χ3v) is 7.64. The van der Waals surface area contributed by atoms with Crippen molar-refractivity contribution in [3.63, 3.8) is 0 Å². The van der Waals surface area contributed by atoms with Crippen molar-refractivity contribution in [1.29, 1.82) is 0 Å². The molecule has 0 aromatic heterocycles. The Morgan fingerprint density at radius 2 is 1.61 bits per heavy atom. The van der Waals surface area contributed by atoms with Crippen LogP contribution in [-0.2, 0) is 20.8 Å². The van der Waals surface area contributed by atoms with Gasteiger partial charge in [0.25, 0.3) is 0 Å². The highest BCUT2D eigenvalue weighted by Crippen LogP contribution is 2.45. The molecule has 1 amide bonds. The lowest BCUT2D eigenvalue weighted by Crippen LogP contribution is -2.46. The van der Waals surface area contributed by atoms with Crippen LogP contribution in [0.2, 0.25) is 0 Å². The molecular weight excluding hydrogens is 483 g/mol. The van der Waals surface area contributed by atoms with Gasteiger partial charge in [-0.25, -0.2) is 9.18 Å². The summed E-state index contributed by atoms with van der Waals surface area (Å²) in [6.07, 6.45) is 0.177. The summed E-state index contributed by atoms with van der Waals surface area (Å²) in [5.41, 5.74) is 6.03. The Kier molecular flexibility index (Phi) is 6.74. The van der Waals surface area contributed by atoms with E-state index in [0.717, 1.165) is 28.0 Å². The normalized spacial score (nSPS) is 19.6. The van der Waals surface area contributed by atoms with Crippen LogP contribution in [0.15, 0.2) is 90.1 Å². The highest BCUT2D eigenvalue weighted by Gasteiger charge is 2.51. The van der Waals surface area contributed by atoms with Crippen LogP contribution in [0.25, 0.3) is 0 Å². The maximum atomic E-state index is 13.8. The number of hydrogen-bond acceptors (Lipinski definition) is 5. The third kappa shape index (κ3) is 4.73. The zero-order valence-electron chi connectivity index (χ0n) is 21.4. The Morgan fingerprint density at radius 3 is 2.29 bits per heavy atom. The zero-order chi connectivity index (χ0) is 26.1. The molecule has 0 saturated carbocycles. The van der Waals surface area contributed by atoms with Crippen molar-refractivity contribution in [3.05, 3.63) is 118 Å². The molecule has 3 heterocycles. The number of carbonyl (C=O) groups is 1. The molecule has 0 radical (unpaired) electrons. The molecule has 38 heavy (non-hydrogen) atoms. The van der Waals surface area contributed by atoms with Gasteiger partial charge in [-0.05, 0) is 35.7 Å². The second kappa shape index (κ2) is 10.3. The molecule has 1 atom stereocenters. The second-order valence-electron chi connectivity index (χ2n) is 10.1. The van der Waals surface area contributed by atoms with Crippen molar-refractivity contribution in [2.45, 2.75) is 31.8 Å². The molecule has 3 aromatic carbocycles. The minimum absolute atomic E-state index is 0.137. The van der Waals surface area contributed by atoms with Gasteiger partial charge in [0.2, 0.25) is 0 Å².